The summed E-state index contributed by atoms with van der Waals surface area (Å²) in [7, 11) is 0. The molecule has 3 aromatic rings. The molecule has 0 fully saturated rings. The minimum Gasteiger partial charge on any atom is -0.316 e. The second-order valence-electron chi connectivity index (χ2n) is 6.04. The average molecular weight is 393 g/mol. The van der Waals surface area contributed by atoms with Gasteiger partial charge in [-0.05, 0) is 22.6 Å². The molecule has 0 spiro atoms. The maximum atomic E-state index is 13.1. The number of carbonyl (C=O) groups is 3. The molecular weight excluding hydrogens is 374 g/mol. The number of benzene rings is 2. The molecule has 0 unspecified atom stereocenters. The van der Waals surface area contributed by atoms with Gasteiger partial charge < -0.3 is 5.32 Å². The SMILES string of the molecule is CC(=O)NNC(=O)c1ccsc1NC(=O)C(c1ccccc1)c1ccccc1. The Bertz CT molecular complexity index is 931. The molecule has 0 bridgehead atoms. The summed E-state index contributed by atoms with van der Waals surface area (Å²) < 4.78 is 0. The molecule has 0 saturated heterocycles. The molecule has 0 atom stereocenters. The molecule has 6 nitrogen and oxygen atoms in total. The van der Waals surface area contributed by atoms with Crippen LogP contribution in [0, 0.1) is 0 Å². The highest BCUT2D eigenvalue weighted by Crippen LogP contribution is 2.29. The third-order valence-electron chi connectivity index (χ3n) is 4.03. The molecule has 1 heterocycles. The number of hydrogen-bond acceptors (Lipinski definition) is 4. The topological polar surface area (TPSA) is 87.3 Å². The lowest BCUT2D eigenvalue weighted by atomic mass is 9.90. The molecule has 28 heavy (non-hydrogen) atoms. The summed E-state index contributed by atoms with van der Waals surface area (Å²) in [5.41, 5.74) is 6.54. The summed E-state index contributed by atoms with van der Waals surface area (Å²) in [6, 6.07) is 20.5. The van der Waals surface area contributed by atoms with E-state index in [1.54, 1.807) is 11.4 Å². The van der Waals surface area contributed by atoms with Crippen molar-refractivity contribution >= 4 is 34.1 Å². The zero-order chi connectivity index (χ0) is 19.9. The number of hydrogen-bond donors (Lipinski definition) is 3. The Morgan fingerprint density at radius 3 is 1.93 bits per heavy atom. The van der Waals surface area contributed by atoms with Crippen molar-refractivity contribution < 1.29 is 14.4 Å². The Morgan fingerprint density at radius 2 is 1.39 bits per heavy atom. The van der Waals surface area contributed by atoms with Gasteiger partial charge in [0.1, 0.15) is 5.00 Å². The third-order valence-corrected chi connectivity index (χ3v) is 4.86. The van der Waals surface area contributed by atoms with E-state index in [2.05, 4.69) is 16.2 Å². The molecule has 2 aromatic carbocycles. The van der Waals surface area contributed by atoms with E-state index in [-0.39, 0.29) is 17.4 Å². The van der Waals surface area contributed by atoms with Gasteiger partial charge in [-0.2, -0.15) is 0 Å². The standard InChI is InChI=1S/C21H19N3O3S/c1-14(25)23-24-19(26)17-12-13-28-21(17)22-20(27)18(15-8-4-2-5-9-15)16-10-6-3-7-11-16/h2-13,18H,1H3,(H,22,27)(H,23,25)(H,24,26). The molecule has 3 N–H and O–H groups in total. The van der Waals surface area contributed by atoms with E-state index in [4.69, 9.17) is 0 Å². The molecule has 3 amide bonds. The molecule has 1 aromatic heterocycles. The van der Waals surface area contributed by atoms with E-state index in [0.717, 1.165) is 11.1 Å². The van der Waals surface area contributed by atoms with Crippen molar-refractivity contribution in [3.8, 4) is 0 Å². The highest BCUT2D eigenvalue weighted by Gasteiger charge is 2.24. The summed E-state index contributed by atoms with van der Waals surface area (Å²) in [5.74, 6) is -1.64. The minimum atomic E-state index is -0.518. The van der Waals surface area contributed by atoms with Crippen molar-refractivity contribution in [2.75, 3.05) is 5.32 Å². The normalized spacial score (nSPS) is 10.4. The Hall–Kier alpha value is -3.45. The van der Waals surface area contributed by atoms with Gasteiger partial charge in [0, 0.05) is 6.92 Å². The first-order valence-electron chi connectivity index (χ1n) is 8.61. The highest BCUT2D eigenvalue weighted by atomic mass is 32.1. The molecule has 0 radical (unpaired) electrons. The number of carbonyl (C=O) groups excluding carboxylic acids is 3. The fourth-order valence-corrected chi connectivity index (χ4v) is 3.55. The second-order valence-corrected chi connectivity index (χ2v) is 6.96. The Morgan fingerprint density at radius 1 is 0.821 bits per heavy atom. The van der Waals surface area contributed by atoms with Gasteiger partial charge in [-0.25, -0.2) is 0 Å². The van der Waals surface area contributed by atoms with Gasteiger partial charge in [0.05, 0.1) is 11.5 Å². The van der Waals surface area contributed by atoms with Crippen LogP contribution in [-0.4, -0.2) is 17.7 Å². The van der Waals surface area contributed by atoms with Crippen LogP contribution in [-0.2, 0) is 9.59 Å². The van der Waals surface area contributed by atoms with E-state index in [1.165, 1.54) is 18.3 Å². The fraction of sp³-hybridized carbons (Fsp3) is 0.0952. The van der Waals surface area contributed by atoms with Crippen molar-refractivity contribution in [2.24, 2.45) is 0 Å². The van der Waals surface area contributed by atoms with Gasteiger partial charge in [-0.3, -0.25) is 25.2 Å². The maximum Gasteiger partial charge on any atom is 0.272 e. The monoisotopic (exact) mass is 393 g/mol. The zero-order valence-corrected chi connectivity index (χ0v) is 16.0. The van der Waals surface area contributed by atoms with Crippen molar-refractivity contribution in [1.82, 2.24) is 10.9 Å². The van der Waals surface area contributed by atoms with Crippen molar-refractivity contribution in [3.63, 3.8) is 0 Å². The van der Waals surface area contributed by atoms with Gasteiger partial charge >= 0.3 is 0 Å². The molecule has 0 saturated carbocycles. The molecule has 0 aliphatic carbocycles. The fourth-order valence-electron chi connectivity index (χ4n) is 2.77. The summed E-state index contributed by atoms with van der Waals surface area (Å²) in [4.78, 5) is 36.4. The predicted octanol–water partition coefficient (Wildman–Crippen LogP) is 3.30. The van der Waals surface area contributed by atoms with Gasteiger partial charge in [-0.15, -0.1) is 11.3 Å². The van der Waals surface area contributed by atoms with Crippen LogP contribution in [0.2, 0.25) is 0 Å². The number of nitrogens with one attached hydrogen (secondary N) is 3. The number of rotatable bonds is 5. The summed E-state index contributed by atoms with van der Waals surface area (Å²) in [6.07, 6.45) is 0. The molecule has 142 valence electrons. The first-order valence-corrected chi connectivity index (χ1v) is 9.49. The Kier molecular flexibility index (Phi) is 6.18. The van der Waals surface area contributed by atoms with Crippen LogP contribution in [0.1, 0.15) is 34.3 Å². The number of hydrazine groups is 1. The number of thiophene rings is 1. The molecule has 0 aliphatic heterocycles. The summed E-state index contributed by atoms with van der Waals surface area (Å²) in [6.45, 7) is 1.29. The third kappa shape index (κ3) is 4.63. The Labute approximate surface area is 166 Å². The zero-order valence-electron chi connectivity index (χ0n) is 15.1. The van der Waals surface area contributed by atoms with E-state index in [9.17, 15) is 14.4 Å². The number of amides is 3. The summed E-state index contributed by atoms with van der Waals surface area (Å²) in [5, 5.41) is 4.99. The molecule has 0 aliphatic rings. The number of anilines is 1. The molecular formula is C21H19N3O3S. The van der Waals surface area contributed by atoms with Crippen LogP contribution in [0.5, 0.6) is 0 Å². The first-order chi connectivity index (χ1) is 13.6. The van der Waals surface area contributed by atoms with Crippen LogP contribution in [0.25, 0.3) is 0 Å². The average Bonchev–Trinajstić information content (AvgIpc) is 3.16. The smallest absolute Gasteiger partial charge is 0.272 e. The van der Waals surface area contributed by atoms with Crippen LogP contribution in [0.3, 0.4) is 0 Å². The van der Waals surface area contributed by atoms with E-state index in [0.29, 0.717) is 5.00 Å². The quantitative estimate of drug-likeness (QED) is 0.581. The maximum absolute atomic E-state index is 13.1. The largest absolute Gasteiger partial charge is 0.316 e. The second kappa shape index (κ2) is 8.96. The lowest BCUT2D eigenvalue weighted by molar-refractivity contribution is -0.119. The van der Waals surface area contributed by atoms with Crippen molar-refractivity contribution in [1.29, 1.82) is 0 Å². The van der Waals surface area contributed by atoms with E-state index >= 15 is 0 Å². The highest BCUT2D eigenvalue weighted by molar-refractivity contribution is 7.14. The van der Waals surface area contributed by atoms with E-state index in [1.807, 2.05) is 60.7 Å². The van der Waals surface area contributed by atoms with Crippen LogP contribution < -0.4 is 16.2 Å². The molecule has 7 heteroatoms. The first kappa shape index (κ1) is 19.3. The van der Waals surface area contributed by atoms with Crippen LogP contribution >= 0.6 is 11.3 Å². The van der Waals surface area contributed by atoms with Gasteiger partial charge in [0.25, 0.3) is 5.91 Å². The molecule has 3 rings (SSSR count). The van der Waals surface area contributed by atoms with Gasteiger partial charge in [0.15, 0.2) is 0 Å². The van der Waals surface area contributed by atoms with Crippen molar-refractivity contribution in [3.05, 3.63) is 88.8 Å². The van der Waals surface area contributed by atoms with Gasteiger partial charge in [-0.1, -0.05) is 60.7 Å². The van der Waals surface area contributed by atoms with Gasteiger partial charge in [0.2, 0.25) is 11.8 Å². The van der Waals surface area contributed by atoms with Crippen LogP contribution in [0.15, 0.2) is 72.1 Å². The lowest BCUT2D eigenvalue weighted by Gasteiger charge is -2.18. The minimum absolute atomic E-state index is 0.242. The predicted molar refractivity (Wildman–Crippen MR) is 109 cm³/mol. The Balaban J connectivity index is 1.85. The van der Waals surface area contributed by atoms with Crippen LogP contribution in [0.4, 0.5) is 5.00 Å². The lowest BCUT2D eigenvalue weighted by Crippen LogP contribution is -2.40. The van der Waals surface area contributed by atoms with Crippen molar-refractivity contribution in [2.45, 2.75) is 12.8 Å². The summed E-state index contributed by atoms with van der Waals surface area (Å²) >= 11 is 1.24. The van der Waals surface area contributed by atoms with E-state index < -0.39 is 11.8 Å².